The number of methoxy groups -OCH3 is 1. The molecule has 0 radical (unpaired) electrons. The van der Waals surface area contributed by atoms with Crippen LogP contribution in [0.1, 0.15) is 20.3 Å². The van der Waals surface area contributed by atoms with Crippen molar-refractivity contribution in [3.8, 4) is 12.3 Å². The van der Waals surface area contributed by atoms with Crippen LogP contribution in [0.5, 0.6) is 0 Å². The summed E-state index contributed by atoms with van der Waals surface area (Å²) in [4.78, 5) is 12.0. The molecule has 0 rings (SSSR count). The number of esters is 1. The molecule has 78 valence electrons. The zero-order valence-electron chi connectivity index (χ0n) is 8.87. The Morgan fingerprint density at radius 3 is 2.79 bits per heavy atom. The van der Waals surface area contributed by atoms with Crippen molar-refractivity contribution in [1.29, 1.82) is 0 Å². The highest BCUT2D eigenvalue weighted by Gasteiger charge is 2.03. The van der Waals surface area contributed by atoms with Gasteiger partial charge in [-0.3, -0.25) is 4.79 Å². The van der Waals surface area contributed by atoms with Gasteiger partial charge in [-0.15, -0.1) is 18.2 Å². The van der Waals surface area contributed by atoms with Crippen LogP contribution in [-0.4, -0.2) is 18.8 Å². The lowest BCUT2D eigenvalue weighted by molar-refractivity contribution is -0.137. The second-order valence-electron chi connectivity index (χ2n) is 2.81. The fraction of sp³-hybridized carbons (Fsp3) is 0.545. The topological polar surface area (TPSA) is 26.3 Å². The highest BCUT2D eigenvalue weighted by atomic mass is 32.2. The average Bonchev–Trinajstić information content (AvgIpc) is 2.22. The highest BCUT2D eigenvalue weighted by molar-refractivity contribution is 8.03. The number of thioether (sulfide) groups is 1. The Hall–Kier alpha value is -0.880. The molecule has 0 bridgehead atoms. The number of ether oxygens (including phenoxy) is 1. The smallest absolute Gasteiger partial charge is 0.315 e. The molecule has 1 atom stereocenters. The zero-order chi connectivity index (χ0) is 11.0. The molecule has 0 aromatic carbocycles. The number of hydrogen-bond donors (Lipinski definition) is 0. The molecule has 14 heavy (non-hydrogen) atoms. The van der Waals surface area contributed by atoms with E-state index >= 15 is 0 Å². The van der Waals surface area contributed by atoms with Crippen molar-refractivity contribution in [3.63, 3.8) is 0 Å². The van der Waals surface area contributed by atoms with Crippen molar-refractivity contribution in [3.05, 3.63) is 11.0 Å². The monoisotopic (exact) mass is 212 g/mol. The summed E-state index contributed by atoms with van der Waals surface area (Å²) >= 11 is 1.49. The van der Waals surface area contributed by atoms with Gasteiger partial charge in [-0.1, -0.05) is 18.9 Å². The lowest BCUT2D eigenvalue weighted by atomic mass is 10.2. The number of carbonyl (C=O) groups is 1. The van der Waals surface area contributed by atoms with E-state index in [0.29, 0.717) is 5.75 Å². The quantitative estimate of drug-likeness (QED) is 0.517. The first kappa shape index (κ1) is 13.1. The Morgan fingerprint density at radius 1 is 1.71 bits per heavy atom. The van der Waals surface area contributed by atoms with Gasteiger partial charge in [0.05, 0.1) is 12.9 Å². The molecule has 0 aliphatic carbocycles. The van der Waals surface area contributed by atoms with Crippen LogP contribution in [0.25, 0.3) is 0 Å². The standard InChI is InChI=1S/C11H16O2S/c1-5-9(3)7-10(6-2)14-8-11(12)13-4/h1,7,9H,6,8H2,2-4H3/b10-7-. The van der Waals surface area contributed by atoms with Gasteiger partial charge in [-0.25, -0.2) is 0 Å². The molecule has 0 aliphatic heterocycles. The SMILES string of the molecule is C#CC(C)/C=C(/CC)SCC(=O)OC. The number of rotatable bonds is 5. The molecule has 2 nitrogen and oxygen atoms in total. The Kier molecular flexibility index (Phi) is 7.04. The van der Waals surface area contributed by atoms with Gasteiger partial charge < -0.3 is 4.74 Å². The number of carbonyl (C=O) groups excluding carboxylic acids is 1. The highest BCUT2D eigenvalue weighted by Crippen LogP contribution is 2.20. The number of allylic oxidation sites excluding steroid dienone is 2. The minimum absolute atomic E-state index is 0.120. The Morgan fingerprint density at radius 2 is 2.36 bits per heavy atom. The molecular formula is C11H16O2S. The largest absolute Gasteiger partial charge is 0.468 e. The third-order valence-electron chi connectivity index (χ3n) is 1.65. The molecule has 0 aromatic rings. The van der Waals surface area contributed by atoms with Crippen molar-refractivity contribution in [1.82, 2.24) is 0 Å². The molecule has 0 spiro atoms. The molecule has 0 heterocycles. The van der Waals surface area contributed by atoms with E-state index in [-0.39, 0.29) is 11.9 Å². The maximum atomic E-state index is 10.9. The minimum Gasteiger partial charge on any atom is -0.468 e. The van der Waals surface area contributed by atoms with Crippen LogP contribution in [0.4, 0.5) is 0 Å². The normalized spacial score (nSPS) is 13.1. The lowest BCUT2D eigenvalue weighted by Gasteiger charge is -2.04. The van der Waals surface area contributed by atoms with E-state index in [1.165, 1.54) is 18.9 Å². The van der Waals surface area contributed by atoms with Gasteiger partial charge >= 0.3 is 5.97 Å². The van der Waals surface area contributed by atoms with E-state index in [1.807, 2.05) is 19.9 Å². The third kappa shape index (κ3) is 5.71. The molecular weight excluding hydrogens is 196 g/mol. The average molecular weight is 212 g/mol. The summed E-state index contributed by atoms with van der Waals surface area (Å²) in [7, 11) is 1.39. The fourth-order valence-electron chi connectivity index (χ4n) is 0.806. The molecule has 0 fully saturated rings. The maximum Gasteiger partial charge on any atom is 0.315 e. The van der Waals surface area contributed by atoms with Crippen molar-refractivity contribution in [2.45, 2.75) is 20.3 Å². The molecule has 0 aliphatic rings. The van der Waals surface area contributed by atoms with Crippen LogP contribution < -0.4 is 0 Å². The van der Waals surface area contributed by atoms with Crippen LogP contribution in [0.15, 0.2) is 11.0 Å². The minimum atomic E-state index is -0.206. The summed E-state index contributed by atoms with van der Waals surface area (Å²) in [5.41, 5.74) is 0. The van der Waals surface area contributed by atoms with E-state index in [1.54, 1.807) is 0 Å². The van der Waals surface area contributed by atoms with Gasteiger partial charge in [-0.05, 0) is 18.2 Å². The van der Waals surface area contributed by atoms with Gasteiger partial charge in [0.25, 0.3) is 0 Å². The summed E-state index contributed by atoms with van der Waals surface area (Å²) in [6, 6.07) is 0. The Bertz CT molecular complexity index is 251. The predicted molar refractivity (Wildman–Crippen MR) is 60.8 cm³/mol. The van der Waals surface area contributed by atoms with E-state index < -0.39 is 0 Å². The molecule has 0 amide bonds. The van der Waals surface area contributed by atoms with Crippen LogP contribution in [0, 0.1) is 18.3 Å². The van der Waals surface area contributed by atoms with Crippen LogP contribution >= 0.6 is 11.8 Å². The van der Waals surface area contributed by atoms with Crippen molar-refractivity contribution >= 4 is 17.7 Å². The van der Waals surface area contributed by atoms with Gasteiger partial charge in [-0.2, -0.15) is 0 Å². The van der Waals surface area contributed by atoms with E-state index in [9.17, 15) is 4.79 Å². The van der Waals surface area contributed by atoms with Crippen molar-refractivity contribution in [2.24, 2.45) is 5.92 Å². The van der Waals surface area contributed by atoms with Crippen LogP contribution in [0.3, 0.4) is 0 Å². The van der Waals surface area contributed by atoms with Gasteiger partial charge in [0.15, 0.2) is 0 Å². The Balaban J connectivity index is 4.10. The molecule has 0 saturated carbocycles. The molecule has 0 N–H and O–H groups in total. The first-order valence-electron chi connectivity index (χ1n) is 4.50. The summed E-state index contributed by atoms with van der Waals surface area (Å²) in [5.74, 6) is 2.89. The summed E-state index contributed by atoms with van der Waals surface area (Å²) < 4.78 is 4.55. The third-order valence-corrected chi connectivity index (χ3v) is 2.83. The number of terminal acetylenes is 1. The first-order chi connectivity index (χ1) is 6.63. The maximum absolute atomic E-state index is 10.9. The van der Waals surface area contributed by atoms with Crippen molar-refractivity contribution < 1.29 is 9.53 Å². The summed E-state index contributed by atoms with van der Waals surface area (Å²) in [6.07, 6.45) is 8.17. The fourth-order valence-corrected chi connectivity index (χ4v) is 1.73. The van der Waals surface area contributed by atoms with E-state index in [0.717, 1.165) is 11.3 Å². The molecule has 1 unspecified atom stereocenters. The second-order valence-corrected chi connectivity index (χ2v) is 3.91. The summed E-state index contributed by atoms with van der Waals surface area (Å²) in [5, 5.41) is 0. The van der Waals surface area contributed by atoms with Gasteiger partial charge in [0.2, 0.25) is 0 Å². The molecule has 0 aromatic heterocycles. The molecule has 3 heteroatoms. The Labute approximate surface area is 90.1 Å². The van der Waals surface area contributed by atoms with Crippen molar-refractivity contribution in [2.75, 3.05) is 12.9 Å². The van der Waals surface area contributed by atoms with Gasteiger partial charge in [0.1, 0.15) is 0 Å². The lowest BCUT2D eigenvalue weighted by Crippen LogP contribution is -2.03. The van der Waals surface area contributed by atoms with Crippen LogP contribution in [-0.2, 0) is 9.53 Å². The predicted octanol–water partition coefficient (Wildman–Crippen LogP) is 2.46. The second kappa shape index (κ2) is 7.52. The van der Waals surface area contributed by atoms with E-state index in [4.69, 9.17) is 6.42 Å². The molecule has 0 saturated heterocycles. The zero-order valence-corrected chi connectivity index (χ0v) is 9.69. The number of hydrogen-bond acceptors (Lipinski definition) is 3. The van der Waals surface area contributed by atoms with Crippen LogP contribution in [0.2, 0.25) is 0 Å². The van der Waals surface area contributed by atoms with E-state index in [2.05, 4.69) is 10.7 Å². The first-order valence-corrected chi connectivity index (χ1v) is 5.49. The summed E-state index contributed by atoms with van der Waals surface area (Å²) in [6.45, 7) is 3.99. The van der Waals surface area contributed by atoms with Gasteiger partial charge in [0, 0.05) is 5.92 Å².